The van der Waals surface area contributed by atoms with Gasteiger partial charge in [-0.05, 0) is 30.4 Å². The maximum Gasteiger partial charge on any atom is 1.00 e. The molecule has 0 aliphatic rings. The minimum atomic E-state index is -5.38. The van der Waals surface area contributed by atoms with Crippen molar-refractivity contribution in [3.8, 4) is 5.75 Å². The van der Waals surface area contributed by atoms with E-state index < -0.39 is 26.3 Å². The minimum absolute atomic E-state index is 0. The molecule has 1 heterocycles. The molecule has 17 heteroatoms. The standard InChI is InChI=1S/C15H14Cl2N5O6PS.2Na/c16-9-4-8(13(5-10(9)17)28-29(24,25)26)7-27-15(23)21-11-2-1-3-19-12(11)6-20-22-14(18)30;;/h1-6H,7H2,(H,21,23)(H3,18,22,30)(H2,24,25,26);;/q;2*+1/p-2. The van der Waals surface area contributed by atoms with Crippen molar-refractivity contribution in [2.75, 3.05) is 5.32 Å². The molecule has 1 aromatic carbocycles. The summed E-state index contributed by atoms with van der Waals surface area (Å²) in [7, 11) is -5.38. The molecule has 0 saturated carbocycles. The zero-order chi connectivity index (χ0) is 22.3. The van der Waals surface area contributed by atoms with E-state index >= 15 is 0 Å². The molecular weight excluding hydrogens is 526 g/mol. The Bertz CT molecular complexity index is 1050. The monoisotopic (exact) mass is 537 g/mol. The fraction of sp³-hybridized carbons (Fsp3) is 0.0667. The molecule has 0 spiro atoms. The van der Waals surface area contributed by atoms with Crippen molar-refractivity contribution in [1.82, 2.24) is 10.4 Å². The van der Waals surface area contributed by atoms with E-state index in [4.69, 9.17) is 33.7 Å². The van der Waals surface area contributed by atoms with Gasteiger partial charge in [0.05, 0.1) is 21.9 Å². The van der Waals surface area contributed by atoms with Crippen LogP contribution in [0.3, 0.4) is 0 Å². The van der Waals surface area contributed by atoms with Crippen molar-refractivity contribution in [1.29, 1.82) is 0 Å². The Morgan fingerprint density at radius 3 is 2.59 bits per heavy atom. The van der Waals surface area contributed by atoms with E-state index in [-0.39, 0.29) is 91.2 Å². The van der Waals surface area contributed by atoms with Gasteiger partial charge in [0.15, 0.2) is 5.11 Å². The minimum Gasteiger partial charge on any atom is -0.780 e. The molecule has 11 nitrogen and oxygen atoms in total. The number of nitrogens with two attached hydrogens (primary N) is 1. The molecule has 0 unspecified atom stereocenters. The summed E-state index contributed by atoms with van der Waals surface area (Å²) in [4.78, 5) is 38.0. The number of aromatic nitrogens is 1. The summed E-state index contributed by atoms with van der Waals surface area (Å²) in [5.41, 5.74) is 8.09. The first-order valence-corrected chi connectivity index (χ1v) is 10.3. The number of carbonyl (C=O) groups excluding carboxylic acids is 1. The molecule has 2 aromatic rings. The van der Waals surface area contributed by atoms with Crippen LogP contribution in [0.5, 0.6) is 5.75 Å². The first-order chi connectivity index (χ1) is 14.0. The predicted molar refractivity (Wildman–Crippen MR) is 110 cm³/mol. The molecule has 1 amide bonds. The third-order valence-electron chi connectivity index (χ3n) is 3.11. The van der Waals surface area contributed by atoms with Gasteiger partial charge in [-0.25, -0.2) is 4.79 Å². The molecule has 1 aromatic heterocycles. The summed E-state index contributed by atoms with van der Waals surface area (Å²) >= 11 is 16.3. The van der Waals surface area contributed by atoms with E-state index in [0.29, 0.717) is 0 Å². The molecule has 4 N–H and O–H groups in total. The molecule has 0 bridgehead atoms. The van der Waals surface area contributed by atoms with Crippen molar-refractivity contribution in [2.24, 2.45) is 10.8 Å². The van der Waals surface area contributed by atoms with Gasteiger partial charge in [-0.1, -0.05) is 23.2 Å². The van der Waals surface area contributed by atoms with Crippen LogP contribution in [0.25, 0.3) is 0 Å². The van der Waals surface area contributed by atoms with Crippen LogP contribution < -0.4 is 89.9 Å². The van der Waals surface area contributed by atoms with Gasteiger partial charge in [-0.2, -0.15) is 5.10 Å². The largest absolute Gasteiger partial charge is 1.00 e. The zero-order valence-corrected chi connectivity index (χ0v) is 23.9. The number of pyridine rings is 1. The van der Waals surface area contributed by atoms with Gasteiger partial charge in [0.1, 0.15) is 25.9 Å². The molecule has 32 heavy (non-hydrogen) atoms. The Morgan fingerprint density at radius 1 is 1.31 bits per heavy atom. The van der Waals surface area contributed by atoms with E-state index in [2.05, 4.69) is 37.6 Å². The Morgan fingerprint density at radius 2 is 1.97 bits per heavy atom. The van der Waals surface area contributed by atoms with Crippen LogP contribution in [-0.2, 0) is 15.9 Å². The fourth-order valence-electron chi connectivity index (χ4n) is 1.96. The first-order valence-electron chi connectivity index (χ1n) is 7.72. The molecule has 0 atom stereocenters. The number of anilines is 1. The molecule has 0 radical (unpaired) electrons. The smallest absolute Gasteiger partial charge is 0.780 e. The number of benzene rings is 1. The number of nitrogens with one attached hydrogen (secondary N) is 2. The molecule has 0 aliphatic heterocycles. The van der Waals surface area contributed by atoms with Crippen LogP contribution in [0.1, 0.15) is 11.3 Å². The van der Waals surface area contributed by atoms with Crippen LogP contribution in [0.2, 0.25) is 10.0 Å². The summed E-state index contributed by atoms with van der Waals surface area (Å²) in [6.45, 7) is -0.481. The van der Waals surface area contributed by atoms with Gasteiger partial charge >= 0.3 is 65.2 Å². The molecular formula is C15H12Cl2N5Na2O6PS. The zero-order valence-electron chi connectivity index (χ0n) is 16.7. The topological polar surface area (TPSA) is 174 Å². The van der Waals surface area contributed by atoms with Gasteiger partial charge in [0.2, 0.25) is 0 Å². The second kappa shape index (κ2) is 14.7. The van der Waals surface area contributed by atoms with E-state index in [1.807, 2.05) is 0 Å². The van der Waals surface area contributed by atoms with Crippen molar-refractivity contribution in [2.45, 2.75) is 6.61 Å². The second-order valence-corrected chi connectivity index (χ2v) is 7.62. The Kier molecular flexibility index (Phi) is 14.5. The molecule has 0 fully saturated rings. The van der Waals surface area contributed by atoms with E-state index in [1.165, 1.54) is 24.5 Å². The molecule has 0 saturated heterocycles. The first kappa shape index (κ1) is 31.5. The third-order valence-corrected chi connectivity index (χ3v) is 4.34. The molecule has 160 valence electrons. The van der Waals surface area contributed by atoms with Gasteiger partial charge in [-0.15, -0.1) is 0 Å². The number of hydrazone groups is 1. The van der Waals surface area contributed by atoms with Crippen LogP contribution in [-0.4, -0.2) is 22.4 Å². The van der Waals surface area contributed by atoms with Gasteiger partial charge in [0.25, 0.3) is 0 Å². The van der Waals surface area contributed by atoms with E-state index in [9.17, 15) is 19.1 Å². The van der Waals surface area contributed by atoms with Crippen LogP contribution in [0.15, 0.2) is 35.6 Å². The summed E-state index contributed by atoms with van der Waals surface area (Å²) in [5.74, 6) is -0.413. The number of carbonyl (C=O) groups is 1. The summed E-state index contributed by atoms with van der Waals surface area (Å²) in [5, 5.41) is 6.09. The van der Waals surface area contributed by atoms with E-state index in [1.54, 1.807) is 6.07 Å². The number of ether oxygens (including phenoxy) is 1. The van der Waals surface area contributed by atoms with Crippen LogP contribution >= 0.6 is 43.2 Å². The van der Waals surface area contributed by atoms with Crippen molar-refractivity contribution >= 4 is 66.4 Å². The Labute approximate surface area is 242 Å². The van der Waals surface area contributed by atoms with Crippen molar-refractivity contribution < 1.29 is 87.5 Å². The van der Waals surface area contributed by atoms with Gasteiger partial charge in [0, 0.05) is 17.8 Å². The van der Waals surface area contributed by atoms with Crippen molar-refractivity contribution in [3.63, 3.8) is 0 Å². The van der Waals surface area contributed by atoms with Crippen LogP contribution in [0.4, 0.5) is 10.5 Å². The summed E-state index contributed by atoms with van der Waals surface area (Å²) in [6.07, 6.45) is 1.80. The van der Waals surface area contributed by atoms with E-state index in [0.717, 1.165) is 6.07 Å². The number of rotatable bonds is 7. The van der Waals surface area contributed by atoms with Gasteiger partial charge < -0.3 is 29.3 Å². The Balaban J connectivity index is 0.00000480. The van der Waals surface area contributed by atoms with Crippen molar-refractivity contribution in [3.05, 3.63) is 51.8 Å². The predicted octanol–water partition coefficient (Wildman–Crippen LogP) is -4.48. The van der Waals surface area contributed by atoms with Gasteiger partial charge in [-0.3, -0.25) is 15.7 Å². The number of halogens is 2. The number of phosphoric acid groups is 1. The molecule has 2 rings (SSSR count). The number of hydrogen-bond acceptors (Lipinski definition) is 9. The fourth-order valence-corrected chi connectivity index (χ4v) is 2.76. The number of nitrogens with zero attached hydrogens (tertiary/aromatic N) is 2. The maximum atomic E-state index is 12.1. The average molecular weight is 538 g/mol. The third kappa shape index (κ3) is 11.1. The average Bonchev–Trinajstić information content (AvgIpc) is 2.63. The number of amides is 1. The molecule has 0 aliphatic carbocycles. The normalized spacial score (nSPS) is 10.5. The maximum absolute atomic E-state index is 12.1. The van der Waals surface area contributed by atoms with Crippen LogP contribution in [0, 0.1) is 0 Å². The number of hydrogen-bond donors (Lipinski definition) is 3. The Hall–Kier alpha value is -0.470. The summed E-state index contributed by atoms with van der Waals surface area (Å²) < 4.78 is 20.3. The quantitative estimate of drug-likeness (QED) is 0.103. The second-order valence-electron chi connectivity index (χ2n) is 5.28. The number of thiocarbonyl (C=S) groups is 1. The SMILES string of the molecule is NC(=S)NN=Cc1ncccc1NC(=O)OCc1cc(Cl)c(Cl)cc1OP(=O)([O-])[O-].[Na+].[Na+]. The number of phosphoric ester groups is 1. The summed E-state index contributed by atoms with van der Waals surface area (Å²) in [6, 6.07) is 5.30.